The molecule has 6 atom stereocenters. The smallest absolute Gasteiger partial charge is 0.459 e. The van der Waals surface area contributed by atoms with E-state index < -0.39 is 67.8 Å². The van der Waals surface area contributed by atoms with Crippen molar-refractivity contribution in [3.8, 4) is 5.75 Å². The predicted molar refractivity (Wildman–Crippen MR) is 125 cm³/mol. The van der Waals surface area contributed by atoms with Crippen molar-refractivity contribution in [2.24, 2.45) is 0 Å². The van der Waals surface area contributed by atoms with Crippen LogP contribution in [0.5, 0.6) is 5.75 Å². The highest BCUT2D eigenvalue weighted by atomic mass is 31.2. The van der Waals surface area contributed by atoms with Crippen molar-refractivity contribution < 1.29 is 37.4 Å². The number of hydrogen-bond acceptors (Lipinski definition) is 9. The van der Waals surface area contributed by atoms with Gasteiger partial charge in [0, 0.05) is 12.3 Å². The normalized spacial score (nSPS) is 26.4. The van der Waals surface area contributed by atoms with E-state index in [9.17, 15) is 24.1 Å². The number of carbonyl (C=O) groups excluding carboxylic acids is 1. The first-order valence-corrected chi connectivity index (χ1v) is 12.7. The molecule has 1 aliphatic rings. The Morgan fingerprint density at radius 2 is 1.94 bits per heavy atom. The van der Waals surface area contributed by atoms with Crippen molar-refractivity contribution in [2.75, 3.05) is 6.61 Å². The molecule has 0 radical (unpaired) electrons. The minimum absolute atomic E-state index is 0.152. The second kappa shape index (κ2) is 11.1. The molecule has 198 valence electrons. The number of aromatic nitrogens is 2. The summed E-state index contributed by atoms with van der Waals surface area (Å²) >= 11 is 0. The molecule has 0 aliphatic carbocycles. The summed E-state index contributed by atoms with van der Waals surface area (Å²) in [4.78, 5) is 37.7. The number of rotatable bonds is 10. The SMILES string of the molecule is CC(C)OC(=O)[C@H](C)NP(=O)(OCC1OC(n2ccc(=O)[nH]c2=O)C(C)(F)[C@H]1O)Oc1ccccc1. The van der Waals surface area contributed by atoms with Gasteiger partial charge in [-0.2, -0.15) is 5.09 Å². The van der Waals surface area contributed by atoms with Crippen molar-refractivity contribution in [1.29, 1.82) is 0 Å². The lowest BCUT2D eigenvalue weighted by Gasteiger charge is -2.25. The molecular weight excluding hydrogens is 500 g/mol. The van der Waals surface area contributed by atoms with E-state index in [1.807, 2.05) is 4.98 Å². The lowest BCUT2D eigenvalue weighted by atomic mass is 9.98. The summed E-state index contributed by atoms with van der Waals surface area (Å²) in [6.45, 7) is 5.07. The molecule has 36 heavy (non-hydrogen) atoms. The number of aliphatic hydroxyl groups is 1. The van der Waals surface area contributed by atoms with Crippen LogP contribution in [-0.2, 0) is 23.4 Å². The summed E-state index contributed by atoms with van der Waals surface area (Å²) in [6.07, 6.45) is -4.21. The summed E-state index contributed by atoms with van der Waals surface area (Å²) in [5, 5.41) is 13.0. The second-order valence-corrected chi connectivity index (χ2v) is 10.4. The van der Waals surface area contributed by atoms with Crippen LogP contribution in [0.4, 0.5) is 4.39 Å². The third-order valence-corrected chi connectivity index (χ3v) is 6.90. The Labute approximate surface area is 205 Å². The molecule has 3 rings (SSSR count). The molecule has 1 aromatic heterocycles. The number of nitrogens with one attached hydrogen (secondary N) is 2. The van der Waals surface area contributed by atoms with Crippen molar-refractivity contribution in [1.82, 2.24) is 14.6 Å². The number of esters is 1. The third-order valence-electron chi connectivity index (χ3n) is 5.26. The maximum Gasteiger partial charge on any atom is 0.459 e. The molecule has 2 heterocycles. The average Bonchev–Trinajstić information content (AvgIpc) is 3.01. The van der Waals surface area contributed by atoms with Crippen molar-refractivity contribution >= 4 is 13.7 Å². The second-order valence-electron chi connectivity index (χ2n) is 8.67. The van der Waals surface area contributed by atoms with E-state index in [-0.39, 0.29) is 5.75 Å². The standard InChI is InChI=1S/C22H29FN3O9P/c1-13(2)33-19(29)14(3)25-36(31,35-15-8-6-5-7-9-15)32-12-16-18(28)22(4,23)20(34-16)26-11-10-17(27)24-21(26)30/h5-11,13-14,16,18,20,28H,12H2,1-4H3,(H,25,31)(H,24,27,30)/t14-,16?,18-,20?,22?,36?/m0/s1. The monoisotopic (exact) mass is 529 g/mol. The van der Waals surface area contributed by atoms with Crippen LogP contribution in [0, 0.1) is 0 Å². The zero-order valence-corrected chi connectivity index (χ0v) is 21.0. The molecule has 14 heteroatoms. The Hall–Kier alpha value is -2.83. The van der Waals surface area contributed by atoms with Gasteiger partial charge in [-0.3, -0.25) is 23.7 Å². The zero-order chi connectivity index (χ0) is 26.7. The van der Waals surface area contributed by atoms with Crippen LogP contribution in [0.2, 0.25) is 0 Å². The molecular formula is C22H29FN3O9P. The lowest BCUT2D eigenvalue weighted by molar-refractivity contribution is -0.149. The summed E-state index contributed by atoms with van der Waals surface area (Å²) in [7, 11) is -4.30. The number of H-pyrrole nitrogens is 1. The van der Waals surface area contributed by atoms with E-state index in [0.29, 0.717) is 0 Å². The van der Waals surface area contributed by atoms with Crippen LogP contribution in [0.1, 0.15) is 33.9 Å². The number of hydrogen-bond donors (Lipinski definition) is 3. The summed E-state index contributed by atoms with van der Waals surface area (Å²) < 4.78 is 51.4. The van der Waals surface area contributed by atoms with Gasteiger partial charge < -0.3 is 19.1 Å². The van der Waals surface area contributed by atoms with Gasteiger partial charge in [0.1, 0.15) is 24.0 Å². The average molecular weight is 529 g/mol. The van der Waals surface area contributed by atoms with E-state index in [2.05, 4.69) is 5.09 Å². The van der Waals surface area contributed by atoms with Crippen molar-refractivity contribution in [2.45, 2.75) is 63.9 Å². The highest BCUT2D eigenvalue weighted by Gasteiger charge is 2.55. The molecule has 1 aliphatic heterocycles. The highest BCUT2D eigenvalue weighted by molar-refractivity contribution is 7.52. The van der Waals surface area contributed by atoms with E-state index in [1.54, 1.807) is 32.0 Å². The molecule has 4 unspecified atom stereocenters. The van der Waals surface area contributed by atoms with Gasteiger partial charge in [0.2, 0.25) is 0 Å². The zero-order valence-electron chi connectivity index (χ0n) is 20.1. The van der Waals surface area contributed by atoms with Gasteiger partial charge in [-0.15, -0.1) is 0 Å². The van der Waals surface area contributed by atoms with Gasteiger partial charge in [0.15, 0.2) is 11.9 Å². The first kappa shape index (κ1) is 27.8. The Morgan fingerprint density at radius 3 is 2.56 bits per heavy atom. The summed E-state index contributed by atoms with van der Waals surface area (Å²) in [5.74, 6) is -0.560. The van der Waals surface area contributed by atoms with Gasteiger partial charge in [-0.05, 0) is 39.8 Å². The van der Waals surface area contributed by atoms with Gasteiger partial charge in [0.25, 0.3) is 5.56 Å². The van der Waals surface area contributed by atoms with Gasteiger partial charge in [-0.25, -0.2) is 13.8 Å². The van der Waals surface area contributed by atoms with Crippen molar-refractivity contribution in [3.05, 3.63) is 63.4 Å². The quantitative estimate of drug-likeness (QED) is 0.305. The molecule has 2 aromatic rings. The van der Waals surface area contributed by atoms with Crippen LogP contribution >= 0.6 is 7.75 Å². The van der Waals surface area contributed by atoms with Crippen molar-refractivity contribution in [3.63, 3.8) is 0 Å². The summed E-state index contributed by atoms with van der Waals surface area (Å²) in [5.41, 5.74) is -4.12. The predicted octanol–water partition coefficient (Wildman–Crippen LogP) is 1.66. The molecule has 0 amide bonds. The van der Waals surface area contributed by atoms with Crippen LogP contribution in [0.25, 0.3) is 0 Å². The summed E-state index contributed by atoms with van der Waals surface area (Å²) in [6, 6.07) is 7.86. The molecule has 3 N–H and O–H groups in total. The third kappa shape index (κ3) is 6.48. The molecule has 1 saturated heterocycles. The van der Waals surface area contributed by atoms with Gasteiger partial charge >= 0.3 is 19.4 Å². The van der Waals surface area contributed by atoms with E-state index in [1.165, 1.54) is 19.1 Å². The lowest BCUT2D eigenvalue weighted by Crippen LogP contribution is -2.43. The molecule has 1 fully saturated rings. The van der Waals surface area contributed by atoms with E-state index in [4.69, 9.17) is 18.5 Å². The largest absolute Gasteiger partial charge is 0.462 e. The van der Waals surface area contributed by atoms with Crippen LogP contribution in [0.3, 0.4) is 0 Å². The Balaban J connectivity index is 1.80. The number of aliphatic hydroxyl groups excluding tert-OH is 1. The molecule has 0 saturated carbocycles. The number of aromatic amines is 1. The maximum absolute atomic E-state index is 15.4. The molecule has 12 nitrogen and oxygen atoms in total. The number of halogens is 1. The Morgan fingerprint density at radius 1 is 1.28 bits per heavy atom. The molecule has 0 bridgehead atoms. The fourth-order valence-corrected chi connectivity index (χ4v) is 4.97. The van der Waals surface area contributed by atoms with Crippen LogP contribution < -0.4 is 20.9 Å². The fraction of sp³-hybridized carbons (Fsp3) is 0.500. The first-order chi connectivity index (χ1) is 16.8. The van der Waals surface area contributed by atoms with E-state index in [0.717, 1.165) is 23.8 Å². The number of alkyl halides is 1. The van der Waals surface area contributed by atoms with Crippen LogP contribution in [-0.4, -0.2) is 57.3 Å². The maximum atomic E-state index is 15.4. The number of carbonyl (C=O) groups is 1. The minimum atomic E-state index is -4.30. The number of para-hydroxylation sites is 1. The highest BCUT2D eigenvalue weighted by Crippen LogP contribution is 2.47. The topological polar surface area (TPSA) is 158 Å². The molecule has 0 spiro atoms. The van der Waals surface area contributed by atoms with Gasteiger partial charge in [0.05, 0.1) is 12.7 Å². The number of ether oxygens (including phenoxy) is 2. The number of benzene rings is 1. The van der Waals surface area contributed by atoms with E-state index >= 15 is 4.39 Å². The Kier molecular flexibility index (Phi) is 8.52. The number of nitrogens with zero attached hydrogens (tertiary/aromatic N) is 1. The minimum Gasteiger partial charge on any atom is -0.462 e. The Bertz CT molecular complexity index is 1220. The first-order valence-electron chi connectivity index (χ1n) is 11.1. The fourth-order valence-electron chi connectivity index (χ4n) is 3.47. The van der Waals surface area contributed by atoms with Crippen LogP contribution in [0.15, 0.2) is 52.2 Å². The van der Waals surface area contributed by atoms with Gasteiger partial charge in [-0.1, -0.05) is 18.2 Å². The molecule has 1 aromatic carbocycles.